The second-order valence-corrected chi connectivity index (χ2v) is 8.07. The number of amides is 2. The third-order valence-electron chi connectivity index (χ3n) is 5.42. The van der Waals surface area contributed by atoms with Crippen molar-refractivity contribution < 1.29 is 19.1 Å². The number of rotatable bonds is 7. The van der Waals surface area contributed by atoms with Crippen LogP contribution in [0.5, 0.6) is 11.5 Å². The van der Waals surface area contributed by atoms with Gasteiger partial charge in [-0.15, -0.1) is 0 Å². The van der Waals surface area contributed by atoms with E-state index in [1.54, 1.807) is 49.6 Å². The number of benzene rings is 3. The van der Waals surface area contributed by atoms with E-state index in [9.17, 15) is 9.59 Å². The molecule has 0 aliphatic carbocycles. The molecule has 1 N–H and O–H groups in total. The van der Waals surface area contributed by atoms with E-state index >= 15 is 0 Å². The highest BCUT2D eigenvalue weighted by Crippen LogP contribution is 2.35. The normalized spacial score (nSPS) is 13.5. The van der Waals surface area contributed by atoms with Crippen molar-refractivity contribution in [3.05, 3.63) is 94.1 Å². The van der Waals surface area contributed by atoms with E-state index < -0.39 is 5.91 Å². The first kappa shape index (κ1) is 22.4. The summed E-state index contributed by atoms with van der Waals surface area (Å²) in [6.45, 7) is 2.16. The highest BCUT2D eigenvalue weighted by molar-refractivity contribution is 6.36. The lowest BCUT2D eigenvalue weighted by molar-refractivity contribution is -0.137. The summed E-state index contributed by atoms with van der Waals surface area (Å²) in [6, 6.07) is 19.8. The number of anilines is 1. The van der Waals surface area contributed by atoms with Gasteiger partial charge in [0.1, 0.15) is 5.70 Å². The second kappa shape index (κ2) is 9.38. The van der Waals surface area contributed by atoms with Crippen LogP contribution in [0.1, 0.15) is 16.7 Å². The van der Waals surface area contributed by atoms with Gasteiger partial charge < -0.3 is 14.8 Å². The molecule has 3 aromatic carbocycles. The van der Waals surface area contributed by atoms with Gasteiger partial charge in [-0.1, -0.05) is 53.6 Å². The fourth-order valence-electron chi connectivity index (χ4n) is 3.65. The van der Waals surface area contributed by atoms with Gasteiger partial charge in [-0.2, -0.15) is 0 Å². The van der Waals surface area contributed by atoms with E-state index in [1.807, 2.05) is 31.2 Å². The lowest BCUT2D eigenvalue weighted by Gasteiger charge is -2.16. The summed E-state index contributed by atoms with van der Waals surface area (Å²) in [5, 5.41) is 3.68. The van der Waals surface area contributed by atoms with Crippen molar-refractivity contribution in [3.8, 4) is 11.5 Å². The maximum Gasteiger partial charge on any atom is 0.278 e. The third kappa shape index (κ3) is 4.56. The quantitative estimate of drug-likeness (QED) is 0.497. The van der Waals surface area contributed by atoms with Gasteiger partial charge >= 0.3 is 0 Å². The molecule has 1 aliphatic rings. The van der Waals surface area contributed by atoms with Gasteiger partial charge in [0.25, 0.3) is 11.8 Å². The first-order chi connectivity index (χ1) is 15.9. The first-order valence-corrected chi connectivity index (χ1v) is 10.7. The molecule has 0 fully saturated rings. The minimum absolute atomic E-state index is 0.173. The van der Waals surface area contributed by atoms with Crippen LogP contribution in [-0.4, -0.2) is 30.9 Å². The molecule has 0 saturated heterocycles. The lowest BCUT2D eigenvalue weighted by Crippen LogP contribution is -2.32. The van der Waals surface area contributed by atoms with Crippen LogP contribution < -0.4 is 14.8 Å². The molecule has 0 radical (unpaired) electrons. The highest BCUT2D eigenvalue weighted by atomic mass is 35.5. The predicted octanol–water partition coefficient (Wildman–Crippen LogP) is 5.06. The SMILES string of the molecule is COc1ccc(NC2=C(c3ccc(Cl)cc3)C(=O)N(Cc3ccc(C)cc3)C2=O)cc1OC. The fourth-order valence-corrected chi connectivity index (χ4v) is 3.78. The largest absolute Gasteiger partial charge is 0.493 e. The zero-order valence-corrected chi connectivity index (χ0v) is 19.3. The molecule has 3 aromatic rings. The molecule has 4 rings (SSSR count). The van der Waals surface area contributed by atoms with Gasteiger partial charge in [0.05, 0.1) is 26.3 Å². The number of hydrogen-bond acceptors (Lipinski definition) is 5. The average molecular weight is 463 g/mol. The van der Waals surface area contributed by atoms with Crippen LogP contribution in [0.25, 0.3) is 5.57 Å². The summed E-state index contributed by atoms with van der Waals surface area (Å²) in [6.07, 6.45) is 0. The highest BCUT2D eigenvalue weighted by Gasteiger charge is 2.39. The minimum atomic E-state index is -0.402. The second-order valence-electron chi connectivity index (χ2n) is 7.63. The smallest absolute Gasteiger partial charge is 0.278 e. The predicted molar refractivity (Wildman–Crippen MR) is 128 cm³/mol. The van der Waals surface area contributed by atoms with Crippen LogP contribution in [-0.2, 0) is 16.1 Å². The number of ether oxygens (including phenoxy) is 2. The van der Waals surface area contributed by atoms with Crippen molar-refractivity contribution in [1.29, 1.82) is 0 Å². The number of nitrogens with one attached hydrogen (secondary N) is 1. The molecule has 7 heteroatoms. The molecule has 0 atom stereocenters. The number of nitrogens with zero attached hydrogens (tertiary/aromatic N) is 1. The van der Waals surface area contributed by atoms with E-state index in [4.69, 9.17) is 21.1 Å². The van der Waals surface area contributed by atoms with E-state index in [1.165, 1.54) is 12.0 Å². The Kier molecular flexibility index (Phi) is 6.38. The molecular weight excluding hydrogens is 440 g/mol. The number of carbonyl (C=O) groups excluding carboxylic acids is 2. The van der Waals surface area contributed by atoms with E-state index in [0.29, 0.717) is 33.3 Å². The van der Waals surface area contributed by atoms with Crippen molar-refractivity contribution in [2.45, 2.75) is 13.5 Å². The number of hydrogen-bond donors (Lipinski definition) is 1. The zero-order valence-electron chi connectivity index (χ0n) is 18.5. The Morgan fingerprint density at radius 2 is 1.52 bits per heavy atom. The molecule has 1 heterocycles. The van der Waals surface area contributed by atoms with Crippen LogP contribution in [0.2, 0.25) is 5.02 Å². The van der Waals surface area contributed by atoms with Crippen LogP contribution in [0.4, 0.5) is 5.69 Å². The summed E-state index contributed by atoms with van der Waals surface area (Å²) < 4.78 is 10.7. The maximum absolute atomic E-state index is 13.4. The Balaban J connectivity index is 1.73. The Morgan fingerprint density at radius 1 is 0.848 bits per heavy atom. The van der Waals surface area contributed by atoms with Gasteiger partial charge in [0, 0.05) is 16.8 Å². The number of imide groups is 1. The summed E-state index contributed by atoms with van der Waals surface area (Å²) >= 11 is 6.04. The van der Waals surface area contributed by atoms with E-state index in [0.717, 1.165) is 11.1 Å². The van der Waals surface area contributed by atoms with Gasteiger partial charge in [-0.3, -0.25) is 14.5 Å². The van der Waals surface area contributed by atoms with Crippen molar-refractivity contribution >= 4 is 34.7 Å². The van der Waals surface area contributed by atoms with E-state index in [2.05, 4.69) is 5.32 Å². The average Bonchev–Trinajstić information content (AvgIpc) is 3.05. The molecule has 0 saturated carbocycles. The van der Waals surface area contributed by atoms with Gasteiger partial charge in [-0.25, -0.2) is 0 Å². The van der Waals surface area contributed by atoms with Crippen molar-refractivity contribution in [3.63, 3.8) is 0 Å². The topological polar surface area (TPSA) is 67.9 Å². The van der Waals surface area contributed by atoms with Crippen molar-refractivity contribution in [2.24, 2.45) is 0 Å². The van der Waals surface area contributed by atoms with Crippen LogP contribution in [0, 0.1) is 6.92 Å². The van der Waals surface area contributed by atoms with E-state index in [-0.39, 0.29) is 18.1 Å². The fraction of sp³-hybridized carbons (Fsp3) is 0.154. The lowest BCUT2D eigenvalue weighted by atomic mass is 10.0. The molecule has 168 valence electrons. The van der Waals surface area contributed by atoms with Crippen LogP contribution >= 0.6 is 11.6 Å². The van der Waals surface area contributed by atoms with Crippen LogP contribution in [0.15, 0.2) is 72.4 Å². The summed E-state index contributed by atoms with van der Waals surface area (Å²) in [5.74, 6) is 0.292. The third-order valence-corrected chi connectivity index (χ3v) is 5.67. The zero-order chi connectivity index (χ0) is 23.5. The Hall–Kier alpha value is -3.77. The van der Waals surface area contributed by atoms with Gasteiger partial charge in [0.2, 0.25) is 0 Å². The number of aryl methyl sites for hydroxylation is 1. The van der Waals surface area contributed by atoms with Crippen LogP contribution in [0.3, 0.4) is 0 Å². The molecular formula is C26H23ClN2O4. The first-order valence-electron chi connectivity index (χ1n) is 10.3. The maximum atomic E-state index is 13.4. The molecule has 0 aromatic heterocycles. The van der Waals surface area contributed by atoms with Crippen molar-refractivity contribution in [2.75, 3.05) is 19.5 Å². The van der Waals surface area contributed by atoms with Gasteiger partial charge in [0.15, 0.2) is 11.5 Å². The minimum Gasteiger partial charge on any atom is -0.493 e. The monoisotopic (exact) mass is 462 g/mol. The number of halogens is 1. The van der Waals surface area contributed by atoms with Crippen molar-refractivity contribution in [1.82, 2.24) is 4.90 Å². The molecule has 0 bridgehead atoms. The molecule has 6 nitrogen and oxygen atoms in total. The Labute approximate surface area is 197 Å². The molecule has 1 aliphatic heterocycles. The molecule has 0 spiro atoms. The Bertz CT molecular complexity index is 1230. The Morgan fingerprint density at radius 3 is 2.15 bits per heavy atom. The molecule has 2 amide bonds. The summed E-state index contributed by atoms with van der Waals surface area (Å²) in [4.78, 5) is 28.1. The molecule has 33 heavy (non-hydrogen) atoms. The van der Waals surface area contributed by atoms with Gasteiger partial charge in [-0.05, 0) is 42.3 Å². The standard InChI is InChI=1S/C26H23ClN2O4/c1-16-4-6-17(7-5-16)15-29-25(30)23(18-8-10-19(27)11-9-18)24(26(29)31)28-20-12-13-21(32-2)22(14-20)33-3/h4-14,28H,15H2,1-3H3. The summed E-state index contributed by atoms with van der Waals surface area (Å²) in [5.41, 5.74) is 3.65. The summed E-state index contributed by atoms with van der Waals surface area (Å²) in [7, 11) is 3.09. The number of methoxy groups -OCH3 is 2. The molecule has 0 unspecified atom stereocenters. The number of carbonyl (C=O) groups is 2.